The molecule has 0 aliphatic carbocycles. The summed E-state index contributed by atoms with van der Waals surface area (Å²) in [6.07, 6.45) is -1.49. The van der Waals surface area contributed by atoms with Crippen LogP contribution in [-0.2, 0) is 38.7 Å². The number of hydrogen-bond acceptors (Lipinski definition) is 9. The maximum absolute atomic E-state index is 11.0. The first-order valence-electron chi connectivity index (χ1n) is 3.84. The van der Waals surface area contributed by atoms with Crippen molar-refractivity contribution in [2.45, 2.75) is 13.0 Å². The van der Waals surface area contributed by atoms with E-state index in [0.717, 1.165) is 6.92 Å². The molecule has 0 aliphatic heterocycles. The van der Waals surface area contributed by atoms with E-state index in [4.69, 9.17) is 5.11 Å². The van der Waals surface area contributed by atoms with Crippen molar-refractivity contribution in [3.05, 3.63) is 0 Å². The Hall–Kier alpha value is -2.16. The first kappa shape index (κ1) is 13.8. The van der Waals surface area contributed by atoms with E-state index in [9.17, 15) is 19.2 Å². The van der Waals surface area contributed by atoms with Gasteiger partial charge in [-0.05, 0) is 6.92 Å². The summed E-state index contributed by atoms with van der Waals surface area (Å²) in [7, 11) is 0. The second-order valence-electron chi connectivity index (χ2n) is 2.41. The van der Waals surface area contributed by atoms with Crippen molar-refractivity contribution in [1.29, 1.82) is 0 Å². The van der Waals surface area contributed by atoms with Gasteiger partial charge in [0.15, 0.2) is 5.92 Å². The molecular formula is C7H8O9. The van der Waals surface area contributed by atoms with E-state index < -0.39 is 24.0 Å². The molecule has 9 heteroatoms. The third-order valence-electron chi connectivity index (χ3n) is 1.33. The summed E-state index contributed by atoms with van der Waals surface area (Å²) in [5, 5.41) is 9.06. The van der Waals surface area contributed by atoms with Crippen molar-refractivity contribution in [2.75, 3.05) is 0 Å². The van der Waals surface area contributed by atoms with Gasteiger partial charge in [0.05, 0.1) is 6.10 Å². The molecule has 0 saturated heterocycles. The Kier molecular flexibility index (Phi) is 6.21. The average molecular weight is 236 g/mol. The van der Waals surface area contributed by atoms with Crippen LogP contribution in [0.5, 0.6) is 0 Å². The minimum atomic E-state index is -1.81. The zero-order valence-corrected chi connectivity index (χ0v) is 8.02. The molecule has 0 amide bonds. The number of hydrogen-bond donors (Lipinski definition) is 1. The van der Waals surface area contributed by atoms with E-state index in [0.29, 0.717) is 0 Å². The van der Waals surface area contributed by atoms with E-state index in [1.54, 1.807) is 0 Å². The standard InChI is InChI=1S/C7H8O9/c1-4(10)5(6(11)15-13-2-8)7(12)16-14-3-9/h2-5,10H,1H3. The molecule has 0 spiro atoms. The molecule has 0 aromatic carbocycles. The molecular weight excluding hydrogens is 228 g/mol. The summed E-state index contributed by atoms with van der Waals surface area (Å²) in [6.45, 7) is 0.670. The first-order valence-corrected chi connectivity index (χ1v) is 3.84. The Morgan fingerprint density at radius 2 is 1.44 bits per heavy atom. The summed E-state index contributed by atoms with van der Waals surface area (Å²) >= 11 is 0. The highest BCUT2D eigenvalue weighted by molar-refractivity contribution is 5.95. The molecule has 90 valence electrons. The van der Waals surface area contributed by atoms with E-state index in [2.05, 4.69) is 19.6 Å². The molecule has 0 aromatic heterocycles. The smallest absolute Gasteiger partial charge is 0.372 e. The fourth-order valence-corrected chi connectivity index (χ4v) is 0.728. The molecule has 0 heterocycles. The van der Waals surface area contributed by atoms with Gasteiger partial charge in [-0.15, -0.1) is 0 Å². The van der Waals surface area contributed by atoms with Crippen molar-refractivity contribution >= 4 is 24.9 Å². The summed E-state index contributed by atoms with van der Waals surface area (Å²) in [5.41, 5.74) is 0. The summed E-state index contributed by atoms with van der Waals surface area (Å²) in [4.78, 5) is 56.3. The molecule has 0 bridgehead atoms. The van der Waals surface area contributed by atoms with Gasteiger partial charge >= 0.3 is 24.9 Å². The third-order valence-corrected chi connectivity index (χ3v) is 1.33. The summed E-state index contributed by atoms with van der Waals surface area (Å²) in [5.74, 6) is -4.55. The monoisotopic (exact) mass is 236 g/mol. The van der Waals surface area contributed by atoms with Crippen LogP contribution in [0.25, 0.3) is 0 Å². The predicted octanol–water partition coefficient (Wildman–Crippen LogP) is -1.75. The lowest BCUT2D eigenvalue weighted by atomic mass is 10.1. The van der Waals surface area contributed by atoms with Gasteiger partial charge in [0.25, 0.3) is 0 Å². The van der Waals surface area contributed by atoms with Crippen LogP contribution >= 0.6 is 0 Å². The molecule has 1 unspecified atom stereocenters. The number of carbonyl (C=O) groups excluding carboxylic acids is 4. The van der Waals surface area contributed by atoms with Crippen LogP contribution in [0.1, 0.15) is 6.92 Å². The quantitative estimate of drug-likeness (QED) is 0.237. The number of aliphatic hydroxyl groups is 1. The van der Waals surface area contributed by atoms with Crippen LogP contribution in [-0.4, -0.2) is 36.1 Å². The molecule has 1 atom stereocenters. The Balaban J connectivity index is 4.46. The lowest BCUT2D eigenvalue weighted by molar-refractivity contribution is -0.267. The largest absolute Gasteiger partial charge is 0.392 e. The highest BCUT2D eigenvalue weighted by atomic mass is 17.2. The van der Waals surface area contributed by atoms with Gasteiger partial charge in [-0.3, -0.25) is 19.4 Å². The van der Waals surface area contributed by atoms with Gasteiger partial charge in [0.2, 0.25) is 0 Å². The summed E-state index contributed by atoms with van der Waals surface area (Å²) in [6, 6.07) is 0. The van der Waals surface area contributed by atoms with Crippen LogP contribution in [0, 0.1) is 5.92 Å². The van der Waals surface area contributed by atoms with Crippen molar-refractivity contribution in [3.63, 3.8) is 0 Å². The normalized spacial score (nSPS) is 11.2. The van der Waals surface area contributed by atoms with Gasteiger partial charge in [0, 0.05) is 0 Å². The number of carbonyl (C=O) groups is 4. The number of rotatable bonds is 7. The van der Waals surface area contributed by atoms with Crippen molar-refractivity contribution < 1.29 is 43.8 Å². The van der Waals surface area contributed by atoms with Crippen LogP contribution in [0.15, 0.2) is 0 Å². The summed E-state index contributed by atoms with van der Waals surface area (Å²) < 4.78 is 0. The average Bonchev–Trinajstić information content (AvgIpc) is 2.23. The lowest BCUT2D eigenvalue weighted by Crippen LogP contribution is -2.36. The van der Waals surface area contributed by atoms with Crippen LogP contribution in [0.2, 0.25) is 0 Å². The maximum atomic E-state index is 11.0. The van der Waals surface area contributed by atoms with Crippen LogP contribution in [0.3, 0.4) is 0 Å². The molecule has 0 rings (SSSR count). The lowest BCUT2D eigenvalue weighted by Gasteiger charge is -2.13. The van der Waals surface area contributed by atoms with Gasteiger partial charge in [-0.1, -0.05) is 0 Å². The van der Waals surface area contributed by atoms with Crippen LogP contribution in [0.4, 0.5) is 0 Å². The van der Waals surface area contributed by atoms with Crippen molar-refractivity contribution in [1.82, 2.24) is 0 Å². The molecule has 0 fully saturated rings. The SMILES string of the molecule is CC(O)C(C(=O)OOC=O)C(=O)OOC=O. The van der Waals surface area contributed by atoms with E-state index in [1.807, 2.05) is 0 Å². The number of aliphatic hydroxyl groups excluding tert-OH is 1. The van der Waals surface area contributed by atoms with Gasteiger partial charge < -0.3 is 5.11 Å². The Morgan fingerprint density at radius 1 is 1.06 bits per heavy atom. The molecule has 0 radical (unpaired) electrons. The predicted molar refractivity (Wildman–Crippen MR) is 41.7 cm³/mol. The van der Waals surface area contributed by atoms with Crippen LogP contribution < -0.4 is 0 Å². The third kappa shape index (κ3) is 4.37. The zero-order valence-electron chi connectivity index (χ0n) is 8.02. The molecule has 16 heavy (non-hydrogen) atoms. The fraction of sp³-hybridized carbons (Fsp3) is 0.429. The van der Waals surface area contributed by atoms with Crippen molar-refractivity contribution in [3.8, 4) is 0 Å². The minimum Gasteiger partial charge on any atom is -0.392 e. The zero-order chi connectivity index (χ0) is 12.6. The molecule has 0 saturated carbocycles. The Bertz CT molecular complexity index is 247. The molecule has 0 aromatic rings. The second-order valence-corrected chi connectivity index (χ2v) is 2.41. The molecule has 9 nitrogen and oxygen atoms in total. The van der Waals surface area contributed by atoms with Gasteiger partial charge in [-0.2, -0.15) is 0 Å². The van der Waals surface area contributed by atoms with Gasteiger partial charge in [-0.25, -0.2) is 19.4 Å². The highest BCUT2D eigenvalue weighted by Crippen LogP contribution is 2.09. The Morgan fingerprint density at radius 3 is 1.69 bits per heavy atom. The second kappa shape index (κ2) is 7.17. The first-order chi connectivity index (χ1) is 7.54. The maximum Gasteiger partial charge on any atom is 0.372 e. The highest BCUT2D eigenvalue weighted by Gasteiger charge is 2.37. The van der Waals surface area contributed by atoms with E-state index in [1.165, 1.54) is 0 Å². The molecule has 0 aliphatic rings. The Labute approximate surface area is 88.7 Å². The van der Waals surface area contributed by atoms with Crippen molar-refractivity contribution in [2.24, 2.45) is 5.92 Å². The fourth-order valence-electron chi connectivity index (χ4n) is 0.728. The van der Waals surface area contributed by atoms with E-state index in [-0.39, 0.29) is 12.9 Å². The van der Waals surface area contributed by atoms with E-state index >= 15 is 0 Å². The molecule has 1 N–H and O–H groups in total. The topological polar surface area (TPSA) is 125 Å². The minimum absolute atomic E-state index is 0.204. The van der Waals surface area contributed by atoms with Gasteiger partial charge in [0.1, 0.15) is 0 Å².